The zero-order chi connectivity index (χ0) is 7.40. The number of halogens is 1. The van der Waals surface area contributed by atoms with E-state index in [1.807, 2.05) is 0 Å². The van der Waals surface area contributed by atoms with Gasteiger partial charge in [-0.15, -0.1) is 22.6 Å². The maximum Gasteiger partial charge on any atom is 0.143 e. The van der Waals surface area contributed by atoms with Gasteiger partial charge >= 0.3 is 0 Å². The zero-order valence-electron chi connectivity index (χ0n) is 6.11. The van der Waals surface area contributed by atoms with Crippen molar-refractivity contribution in [2.45, 2.75) is 13.2 Å². The predicted octanol–water partition coefficient (Wildman–Crippen LogP) is 0.565. The summed E-state index contributed by atoms with van der Waals surface area (Å²) in [5, 5.41) is 9.39. The van der Waals surface area contributed by atoms with Crippen molar-refractivity contribution in [3.63, 3.8) is 0 Å². The molecular weight excluding hydrogens is 186 g/mol. The molecule has 0 saturated carbocycles. The molecule has 11 heavy (non-hydrogen) atoms. The van der Waals surface area contributed by atoms with Gasteiger partial charge in [-0.3, -0.25) is 0 Å². The summed E-state index contributed by atoms with van der Waals surface area (Å²) >= 11 is 1.49. The van der Waals surface area contributed by atoms with Crippen LogP contribution < -0.4 is 5.73 Å². The first kappa shape index (κ1) is 10.8. The van der Waals surface area contributed by atoms with Crippen LogP contribution in [-0.4, -0.2) is 17.3 Å². The Kier molecular flexibility index (Phi) is 5.31. The van der Waals surface area contributed by atoms with E-state index in [0.717, 1.165) is 10.0 Å². The number of ether oxygens (including phenoxy) is 1. The Morgan fingerprint density at radius 1 is 1.45 bits per heavy atom. The molecule has 1 aromatic heterocycles. The monoisotopic (exact) mass is 195 g/mol. The Bertz CT molecular complexity index is 205. The van der Waals surface area contributed by atoms with Gasteiger partial charge in [0, 0.05) is 13.7 Å². The maximum atomic E-state index is 5.33. The van der Waals surface area contributed by atoms with Crippen LogP contribution in [0.25, 0.3) is 0 Å². The lowest BCUT2D eigenvalue weighted by Crippen LogP contribution is -1.94. The van der Waals surface area contributed by atoms with Gasteiger partial charge in [0.25, 0.3) is 0 Å². The highest BCUT2D eigenvalue weighted by atomic mass is 35.5. The third kappa shape index (κ3) is 3.11. The van der Waals surface area contributed by atoms with Crippen LogP contribution in [-0.2, 0) is 17.9 Å². The third-order valence-corrected chi connectivity index (χ3v) is 1.87. The van der Waals surface area contributed by atoms with Crippen LogP contribution in [0.1, 0.15) is 10.0 Å². The van der Waals surface area contributed by atoms with Gasteiger partial charge in [-0.2, -0.15) is 0 Å². The second kappa shape index (κ2) is 5.42. The van der Waals surface area contributed by atoms with Gasteiger partial charge in [0.05, 0.1) is 6.61 Å². The van der Waals surface area contributed by atoms with Crippen LogP contribution >= 0.6 is 23.7 Å². The molecular formula is C5H10ClN3OS. The molecule has 2 N–H and O–H groups in total. The van der Waals surface area contributed by atoms with Crippen molar-refractivity contribution in [3.05, 3.63) is 10.0 Å². The highest BCUT2D eigenvalue weighted by Crippen LogP contribution is 2.08. The van der Waals surface area contributed by atoms with Crippen molar-refractivity contribution in [2.24, 2.45) is 5.73 Å². The SMILES string of the molecule is COCc1nnc(CN)s1.Cl. The Labute approximate surface area is 75.2 Å². The van der Waals surface area contributed by atoms with Crippen molar-refractivity contribution in [1.82, 2.24) is 10.2 Å². The molecule has 0 amide bonds. The molecule has 0 aliphatic heterocycles. The van der Waals surface area contributed by atoms with Crippen LogP contribution in [0, 0.1) is 0 Å². The van der Waals surface area contributed by atoms with Crippen LogP contribution in [0.4, 0.5) is 0 Å². The summed E-state index contributed by atoms with van der Waals surface area (Å²) in [5.41, 5.74) is 5.33. The number of hydrogen-bond acceptors (Lipinski definition) is 5. The molecule has 0 aliphatic rings. The number of hydrogen-bond donors (Lipinski definition) is 1. The second-order valence-electron chi connectivity index (χ2n) is 1.73. The number of methoxy groups -OCH3 is 1. The first-order valence-corrected chi connectivity index (χ1v) is 3.68. The van der Waals surface area contributed by atoms with Crippen molar-refractivity contribution >= 4 is 23.7 Å². The number of aromatic nitrogens is 2. The lowest BCUT2D eigenvalue weighted by Gasteiger charge is -1.87. The Balaban J connectivity index is 0.000001000. The molecule has 0 spiro atoms. The lowest BCUT2D eigenvalue weighted by molar-refractivity contribution is 0.184. The first-order valence-electron chi connectivity index (χ1n) is 2.87. The van der Waals surface area contributed by atoms with E-state index in [2.05, 4.69) is 10.2 Å². The minimum Gasteiger partial charge on any atom is -0.377 e. The van der Waals surface area contributed by atoms with E-state index in [-0.39, 0.29) is 12.4 Å². The number of rotatable bonds is 3. The fourth-order valence-electron chi connectivity index (χ4n) is 0.553. The van der Waals surface area contributed by atoms with Crippen LogP contribution in [0.5, 0.6) is 0 Å². The van der Waals surface area contributed by atoms with E-state index < -0.39 is 0 Å². The Morgan fingerprint density at radius 3 is 2.55 bits per heavy atom. The van der Waals surface area contributed by atoms with Gasteiger partial charge in [-0.05, 0) is 0 Å². The summed E-state index contributed by atoms with van der Waals surface area (Å²) in [5.74, 6) is 0. The molecule has 0 saturated heterocycles. The minimum atomic E-state index is 0. The second-order valence-corrected chi connectivity index (χ2v) is 2.87. The van der Waals surface area contributed by atoms with E-state index in [1.54, 1.807) is 7.11 Å². The standard InChI is InChI=1S/C5H9N3OS.ClH/c1-9-3-5-8-7-4(2-6)10-5;/h2-3,6H2,1H3;1H. The van der Waals surface area contributed by atoms with E-state index in [0.29, 0.717) is 13.2 Å². The highest BCUT2D eigenvalue weighted by molar-refractivity contribution is 7.11. The van der Waals surface area contributed by atoms with Gasteiger partial charge in [0.1, 0.15) is 10.0 Å². The quantitative estimate of drug-likeness (QED) is 0.766. The molecule has 1 aromatic rings. The Hall–Kier alpha value is -0.230. The van der Waals surface area contributed by atoms with Gasteiger partial charge in [0.15, 0.2) is 0 Å². The van der Waals surface area contributed by atoms with Crippen molar-refractivity contribution in [1.29, 1.82) is 0 Å². The van der Waals surface area contributed by atoms with Gasteiger partial charge in [-0.25, -0.2) is 0 Å². The van der Waals surface area contributed by atoms with Gasteiger partial charge in [0.2, 0.25) is 0 Å². The molecule has 64 valence electrons. The molecule has 4 nitrogen and oxygen atoms in total. The van der Waals surface area contributed by atoms with E-state index in [4.69, 9.17) is 10.5 Å². The summed E-state index contributed by atoms with van der Waals surface area (Å²) in [6.45, 7) is 0.985. The average Bonchev–Trinajstić information content (AvgIpc) is 2.37. The average molecular weight is 196 g/mol. The lowest BCUT2D eigenvalue weighted by atomic mass is 10.7. The van der Waals surface area contributed by atoms with Gasteiger partial charge < -0.3 is 10.5 Å². The van der Waals surface area contributed by atoms with E-state index >= 15 is 0 Å². The molecule has 1 heterocycles. The van der Waals surface area contributed by atoms with Gasteiger partial charge in [-0.1, -0.05) is 11.3 Å². The topological polar surface area (TPSA) is 61.0 Å². The smallest absolute Gasteiger partial charge is 0.143 e. The van der Waals surface area contributed by atoms with Crippen molar-refractivity contribution < 1.29 is 4.74 Å². The third-order valence-electron chi connectivity index (χ3n) is 0.951. The normalized spacial score (nSPS) is 9.27. The van der Waals surface area contributed by atoms with Crippen LogP contribution in [0.3, 0.4) is 0 Å². The molecule has 0 atom stereocenters. The molecule has 0 bridgehead atoms. The summed E-state index contributed by atoms with van der Waals surface area (Å²) in [6, 6.07) is 0. The fraction of sp³-hybridized carbons (Fsp3) is 0.600. The fourth-order valence-corrected chi connectivity index (χ4v) is 1.25. The highest BCUT2D eigenvalue weighted by Gasteiger charge is 1.99. The molecule has 0 aliphatic carbocycles. The molecule has 0 unspecified atom stereocenters. The molecule has 1 rings (SSSR count). The van der Waals surface area contributed by atoms with E-state index in [1.165, 1.54) is 11.3 Å². The van der Waals surface area contributed by atoms with E-state index in [9.17, 15) is 0 Å². The van der Waals surface area contributed by atoms with Crippen LogP contribution in [0.2, 0.25) is 0 Å². The maximum absolute atomic E-state index is 5.33. The molecule has 0 radical (unpaired) electrons. The zero-order valence-corrected chi connectivity index (χ0v) is 7.74. The molecule has 0 fully saturated rings. The predicted molar refractivity (Wildman–Crippen MR) is 45.8 cm³/mol. The summed E-state index contributed by atoms with van der Waals surface area (Å²) in [6.07, 6.45) is 0. The summed E-state index contributed by atoms with van der Waals surface area (Å²) < 4.78 is 4.85. The number of nitrogens with zero attached hydrogens (tertiary/aromatic N) is 2. The largest absolute Gasteiger partial charge is 0.377 e. The molecule has 0 aromatic carbocycles. The first-order chi connectivity index (χ1) is 4.86. The summed E-state index contributed by atoms with van der Waals surface area (Å²) in [4.78, 5) is 0. The van der Waals surface area contributed by atoms with Crippen molar-refractivity contribution in [2.75, 3.05) is 7.11 Å². The number of nitrogens with two attached hydrogens (primary N) is 1. The molecule has 6 heteroatoms. The minimum absolute atomic E-state index is 0. The Morgan fingerprint density at radius 2 is 2.09 bits per heavy atom. The van der Waals surface area contributed by atoms with Crippen LogP contribution in [0.15, 0.2) is 0 Å². The summed E-state index contributed by atoms with van der Waals surface area (Å²) in [7, 11) is 1.63. The van der Waals surface area contributed by atoms with Crippen molar-refractivity contribution in [3.8, 4) is 0 Å².